The van der Waals surface area contributed by atoms with Crippen molar-refractivity contribution in [2.45, 2.75) is 39.5 Å². The first-order valence-corrected chi connectivity index (χ1v) is 8.66. The standard InChI is InChI=1S/C19H18Cl2N2O/c1-10-12(9-22)16(11-5-4-6-13(20)18(11)21)17-14(23-10)7-19(2,3)8-15(17)24/h4-6,12,16H,7-8H2,1-3H3. The van der Waals surface area contributed by atoms with Crippen molar-refractivity contribution >= 4 is 34.7 Å². The Morgan fingerprint density at radius 1 is 1.29 bits per heavy atom. The number of carbonyl (C=O) groups excluding carboxylic acids is 1. The molecule has 0 aromatic heterocycles. The van der Waals surface area contributed by atoms with Crippen LogP contribution in [0.25, 0.3) is 0 Å². The SMILES string of the molecule is CC1=NC2=C(C(=O)CC(C)(C)C2)C(c2cccc(Cl)c2Cl)C1C#N. The Morgan fingerprint density at radius 3 is 2.67 bits per heavy atom. The Bertz CT molecular complexity index is 830. The molecule has 1 aromatic carbocycles. The minimum Gasteiger partial charge on any atom is -0.294 e. The van der Waals surface area contributed by atoms with E-state index in [4.69, 9.17) is 23.2 Å². The molecule has 0 saturated carbocycles. The van der Waals surface area contributed by atoms with Crippen LogP contribution in [0.15, 0.2) is 34.5 Å². The maximum absolute atomic E-state index is 12.9. The van der Waals surface area contributed by atoms with Crippen molar-refractivity contribution in [3.63, 3.8) is 0 Å². The third kappa shape index (κ3) is 2.79. The zero-order valence-corrected chi connectivity index (χ0v) is 15.4. The molecule has 3 nitrogen and oxygen atoms in total. The van der Waals surface area contributed by atoms with Crippen LogP contribution in [-0.4, -0.2) is 11.5 Å². The molecule has 0 saturated heterocycles. The van der Waals surface area contributed by atoms with Crippen LogP contribution in [0.3, 0.4) is 0 Å². The first-order valence-electron chi connectivity index (χ1n) is 7.90. The van der Waals surface area contributed by atoms with E-state index in [1.807, 2.05) is 13.0 Å². The fourth-order valence-electron chi connectivity index (χ4n) is 3.71. The molecule has 1 heterocycles. The second-order valence-corrected chi connectivity index (χ2v) is 8.07. The van der Waals surface area contributed by atoms with E-state index >= 15 is 0 Å². The highest BCUT2D eigenvalue weighted by Crippen LogP contribution is 2.49. The summed E-state index contributed by atoms with van der Waals surface area (Å²) in [5, 5.41) is 10.5. The highest BCUT2D eigenvalue weighted by atomic mass is 35.5. The molecular weight excluding hydrogens is 343 g/mol. The average Bonchev–Trinajstić information content (AvgIpc) is 2.47. The number of hydrogen-bond donors (Lipinski definition) is 0. The third-order valence-electron chi connectivity index (χ3n) is 4.76. The Balaban J connectivity index is 2.24. The van der Waals surface area contributed by atoms with E-state index in [1.54, 1.807) is 12.1 Å². The summed E-state index contributed by atoms with van der Waals surface area (Å²) < 4.78 is 0. The molecule has 2 atom stereocenters. The molecule has 5 heteroatoms. The van der Waals surface area contributed by atoms with Crippen LogP contribution in [0, 0.1) is 22.7 Å². The van der Waals surface area contributed by atoms with Crippen molar-refractivity contribution in [2.75, 3.05) is 0 Å². The maximum Gasteiger partial charge on any atom is 0.161 e. The largest absolute Gasteiger partial charge is 0.294 e. The van der Waals surface area contributed by atoms with Crippen LogP contribution in [0.5, 0.6) is 0 Å². The Kier molecular flexibility index (Phi) is 4.32. The first kappa shape index (κ1) is 17.2. The molecular formula is C19H18Cl2N2O. The summed E-state index contributed by atoms with van der Waals surface area (Å²) in [7, 11) is 0. The topological polar surface area (TPSA) is 53.2 Å². The summed E-state index contributed by atoms with van der Waals surface area (Å²) in [4.78, 5) is 17.5. The van der Waals surface area contributed by atoms with E-state index in [0.717, 1.165) is 23.4 Å². The molecule has 2 unspecified atom stereocenters. The number of hydrogen-bond acceptors (Lipinski definition) is 3. The fourth-order valence-corrected chi connectivity index (χ4v) is 4.13. The minimum absolute atomic E-state index is 0.0544. The number of rotatable bonds is 1. The van der Waals surface area contributed by atoms with Crippen molar-refractivity contribution < 1.29 is 4.79 Å². The third-order valence-corrected chi connectivity index (χ3v) is 5.59. The number of carbonyl (C=O) groups is 1. The van der Waals surface area contributed by atoms with Crippen LogP contribution in [-0.2, 0) is 4.79 Å². The molecule has 0 spiro atoms. The zero-order chi connectivity index (χ0) is 17.6. The quantitative estimate of drug-likeness (QED) is 0.678. The molecule has 0 fully saturated rings. The number of ketones is 1. The van der Waals surface area contributed by atoms with Gasteiger partial charge in [-0.25, -0.2) is 0 Å². The lowest BCUT2D eigenvalue weighted by atomic mass is 9.67. The smallest absolute Gasteiger partial charge is 0.161 e. The van der Waals surface area contributed by atoms with Crippen molar-refractivity contribution in [1.82, 2.24) is 0 Å². The van der Waals surface area contributed by atoms with Gasteiger partial charge in [0.25, 0.3) is 0 Å². The summed E-state index contributed by atoms with van der Waals surface area (Å²) in [6, 6.07) is 7.66. The van der Waals surface area contributed by atoms with Crippen LogP contribution >= 0.6 is 23.2 Å². The zero-order valence-electron chi connectivity index (χ0n) is 13.9. The van der Waals surface area contributed by atoms with Crippen LogP contribution in [0.1, 0.15) is 45.1 Å². The second-order valence-electron chi connectivity index (χ2n) is 7.28. The second kappa shape index (κ2) is 6.02. The number of halogens is 2. The molecule has 0 N–H and O–H groups in total. The van der Waals surface area contributed by atoms with Gasteiger partial charge < -0.3 is 0 Å². The highest BCUT2D eigenvalue weighted by Gasteiger charge is 2.43. The predicted octanol–water partition coefficient (Wildman–Crippen LogP) is 5.33. The van der Waals surface area contributed by atoms with Crippen molar-refractivity contribution in [3.8, 4) is 6.07 Å². The fraction of sp³-hybridized carbons (Fsp3) is 0.421. The number of nitriles is 1. The van der Waals surface area contributed by atoms with Crippen LogP contribution < -0.4 is 0 Å². The van der Waals surface area contributed by atoms with Crippen molar-refractivity contribution in [3.05, 3.63) is 45.1 Å². The lowest BCUT2D eigenvalue weighted by Gasteiger charge is -2.38. The first-order chi connectivity index (χ1) is 11.2. The summed E-state index contributed by atoms with van der Waals surface area (Å²) >= 11 is 12.6. The molecule has 0 radical (unpaired) electrons. The number of allylic oxidation sites excluding steroid dienone is 2. The highest BCUT2D eigenvalue weighted by molar-refractivity contribution is 6.42. The van der Waals surface area contributed by atoms with E-state index in [0.29, 0.717) is 22.0 Å². The van der Waals surface area contributed by atoms with Crippen LogP contribution in [0.2, 0.25) is 10.0 Å². The molecule has 1 aliphatic carbocycles. The van der Waals surface area contributed by atoms with Crippen molar-refractivity contribution in [1.29, 1.82) is 5.26 Å². The van der Waals surface area contributed by atoms with Gasteiger partial charge in [0.05, 0.1) is 22.0 Å². The molecule has 1 aromatic rings. The Labute approximate surface area is 152 Å². The van der Waals surface area contributed by atoms with E-state index < -0.39 is 11.8 Å². The number of aliphatic imine (C=N–C) groups is 1. The van der Waals surface area contributed by atoms with E-state index in [2.05, 4.69) is 24.9 Å². The Hall–Kier alpha value is -1.63. The predicted molar refractivity (Wildman–Crippen MR) is 96.5 cm³/mol. The van der Waals surface area contributed by atoms with E-state index in [-0.39, 0.29) is 11.2 Å². The van der Waals surface area contributed by atoms with Crippen molar-refractivity contribution in [2.24, 2.45) is 16.3 Å². The number of benzene rings is 1. The Morgan fingerprint density at radius 2 is 2.00 bits per heavy atom. The van der Waals surface area contributed by atoms with Gasteiger partial charge in [-0.1, -0.05) is 49.2 Å². The maximum atomic E-state index is 12.9. The average molecular weight is 361 g/mol. The summed E-state index contributed by atoms with van der Waals surface area (Å²) in [6.07, 6.45) is 1.17. The lowest BCUT2D eigenvalue weighted by molar-refractivity contribution is -0.118. The van der Waals surface area contributed by atoms with Crippen LogP contribution in [0.4, 0.5) is 0 Å². The van der Waals surface area contributed by atoms with Gasteiger partial charge in [-0.15, -0.1) is 0 Å². The molecule has 124 valence electrons. The summed E-state index contributed by atoms with van der Waals surface area (Å²) in [5.74, 6) is -0.860. The van der Waals surface area contributed by atoms with E-state index in [9.17, 15) is 10.1 Å². The summed E-state index contributed by atoms with van der Waals surface area (Å²) in [5.41, 5.74) is 2.76. The monoisotopic (exact) mass is 360 g/mol. The van der Waals surface area contributed by atoms with E-state index in [1.165, 1.54) is 0 Å². The van der Waals surface area contributed by atoms with Gasteiger partial charge in [-0.05, 0) is 30.4 Å². The molecule has 2 aliphatic rings. The number of nitrogens with zero attached hydrogens (tertiary/aromatic N) is 2. The normalized spacial score (nSPS) is 25.8. The van der Waals surface area contributed by atoms with Gasteiger partial charge in [-0.3, -0.25) is 9.79 Å². The van der Waals surface area contributed by atoms with Gasteiger partial charge in [0.2, 0.25) is 0 Å². The molecule has 1 aliphatic heterocycles. The summed E-state index contributed by atoms with van der Waals surface area (Å²) in [6.45, 7) is 5.98. The molecule has 0 bridgehead atoms. The van der Waals surface area contributed by atoms with Gasteiger partial charge in [0.15, 0.2) is 5.78 Å². The van der Waals surface area contributed by atoms with Gasteiger partial charge in [-0.2, -0.15) is 5.26 Å². The lowest BCUT2D eigenvalue weighted by Crippen LogP contribution is -2.35. The molecule has 0 amide bonds. The molecule has 3 rings (SSSR count). The van der Waals surface area contributed by atoms with Gasteiger partial charge in [0.1, 0.15) is 0 Å². The molecule has 24 heavy (non-hydrogen) atoms. The minimum atomic E-state index is -0.509. The van der Waals surface area contributed by atoms with Gasteiger partial charge >= 0.3 is 0 Å². The number of Topliss-reactive ketones (excluding diaryl/α,β-unsaturated/α-hetero) is 1. The van der Waals surface area contributed by atoms with Gasteiger partial charge in [0, 0.05) is 29.3 Å².